The molecule has 1 fully saturated rings. The number of fused-ring (bicyclic) bond motifs is 1. The van der Waals surface area contributed by atoms with Crippen LogP contribution >= 0.6 is 0 Å². The number of hydrogen-bond donors (Lipinski definition) is 2. The quantitative estimate of drug-likeness (QED) is 0.273. The van der Waals surface area contributed by atoms with Crippen LogP contribution in [0.3, 0.4) is 0 Å². The third-order valence-electron chi connectivity index (χ3n) is 6.28. The molecule has 0 atom stereocenters. The van der Waals surface area contributed by atoms with Gasteiger partial charge in [-0.3, -0.25) is 9.59 Å². The number of carbonyl (C=O) groups excluding carboxylic acids is 2. The molecule has 3 aromatic rings. The molecule has 1 aromatic carbocycles. The van der Waals surface area contributed by atoms with Crippen LogP contribution in [0.5, 0.6) is 0 Å². The molecule has 1 aliphatic carbocycles. The number of rotatable bonds is 6. The number of allylic oxidation sites excluding steroid dienone is 3. The Hall–Kier alpha value is -3.74. The van der Waals surface area contributed by atoms with E-state index in [1.807, 2.05) is 81.4 Å². The fourth-order valence-electron chi connectivity index (χ4n) is 4.27. The van der Waals surface area contributed by atoms with Crippen LogP contribution in [0.1, 0.15) is 61.3 Å². The normalized spacial score (nSPS) is 17.7. The number of aryl methyl sites for hydroxylation is 1. The molecule has 0 unspecified atom stereocenters. The number of H-pyrrole nitrogens is 1. The summed E-state index contributed by atoms with van der Waals surface area (Å²) < 4.78 is 0. The average molecular weight is 488 g/mol. The summed E-state index contributed by atoms with van der Waals surface area (Å²) in [6.45, 7) is 6.07. The third-order valence-corrected chi connectivity index (χ3v) is 6.28. The van der Waals surface area contributed by atoms with Gasteiger partial charge in [0.15, 0.2) is 0 Å². The highest BCUT2D eigenvalue weighted by molar-refractivity contribution is 6.43. The van der Waals surface area contributed by atoms with Crippen LogP contribution in [0.2, 0.25) is 0 Å². The summed E-state index contributed by atoms with van der Waals surface area (Å²) >= 11 is 0. The molecule has 36 heavy (non-hydrogen) atoms. The van der Waals surface area contributed by atoms with Crippen molar-refractivity contribution in [2.75, 3.05) is 19.0 Å². The van der Waals surface area contributed by atoms with Crippen LogP contribution in [0.25, 0.3) is 17.0 Å². The highest BCUT2D eigenvalue weighted by atomic mass is 16.2. The highest BCUT2D eigenvalue weighted by Gasteiger charge is 2.24. The lowest BCUT2D eigenvalue weighted by Gasteiger charge is -2.26. The minimum absolute atomic E-state index is 0.133. The SMILES string of the molecule is C/C=C\C=C/c1c[nH]cc1C(=O)C(=O)NC1CCC(C)CC1.Cc1nc(N(C)C)c2ccccc2n1. The summed E-state index contributed by atoms with van der Waals surface area (Å²) in [6, 6.07) is 8.19. The number of amides is 1. The predicted molar refractivity (Wildman–Crippen MR) is 147 cm³/mol. The number of nitrogens with one attached hydrogen (secondary N) is 2. The van der Waals surface area contributed by atoms with Crippen molar-refractivity contribution < 1.29 is 9.59 Å². The van der Waals surface area contributed by atoms with Gasteiger partial charge in [0.2, 0.25) is 0 Å². The van der Waals surface area contributed by atoms with Crippen molar-refractivity contribution >= 4 is 34.5 Å². The molecule has 190 valence electrons. The van der Waals surface area contributed by atoms with Crippen LogP contribution in [-0.2, 0) is 4.79 Å². The standard InChI is InChI=1S/C18H24N2O2.C11H13N3/c1-3-4-5-6-14-11-19-12-16(14)17(21)18(22)20-15-9-7-13(2)8-10-15;1-8-12-10-7-5-4-6-9(10)11(13-8)14(2)3/h3-6,11-13,15,19H,7-10H2,1-2H3,(H,20,22);4-7H,1-3H3/b4-3-,6-5-;. The van der Waals surface area contributed by atoms with Gasteiger partial charge in [-0.1, -0.05) is 43.4 Å². The number of ketones is 1. The van der Waals surface area contributed by atoms with Gasteiger partial charge in [0, 0.05) is 43.5 Å². The number of para-hydroxylation sites is 1. The van der Waals surface area contributed by atoms with E-state index in [1.54, 1.807) is 12.4 Å². The van der Waals surface area contributed by atoms with Gasteiger partial charge in [0.05, 0.1) is 11.1 Å². The van der Waals surface area contributed by atoms with Gasteiger partial charge in [0.25, 0.3) is 11.7 Å². The van der Waals surface area contributed by atoms with Crippen LogP contribution < -0.4 is 10.2 Å². The topological polar surface area (TPSA) is 91.0 Å². The molecule has 4 rings (SSSR count). The van der Waals surface area contributed by atoms with Crippen LogP contribution in [0.15, 0.2) is 54.9 Å². The number of carbonyl (C=O) groups is 2. The molecule has 7 nitrogen and oxygen atoms in total. The molecule has 2 heterocycles. The van der Waals surface area contributed by atoms with E-state index in [0.717, 1.165) is 59.7 Å². The Morgan fingerprint density at radius 3 is 2.47 bits per heavy atom. The zero-order chi connectivity index (χ0) is 26.1. The van der Waals surface area contributed by atoms with Crippen LogP contribution in [0, 0.1) is 12.8 Å². The first kappa shape index (κ1) is 26.9. The fraction of sp³-hybridized carbons (Fsp3) is 0.379. The van der Waals surface area contributed by atoms with Crippen molar-refractivity contribution in [2.45, 2.75) is 52.5 Å². The second kappa shape index (κ2) is 12.8. The molecule has 0 aliphatic heterocycles. The van der Waals surface area contributed by atoms with Crippen molar-refractivity contribution in [1.82, 2.24) is 20.3 Å². The minimum Gasteiger partial charge on any atom is -0.366 e. The molecule has 2 N–H and O–H groups in total. The van der Waals surface area contributed by atoms with Crippen molar-refractivity contribution in [3.05, 3.63) is 71.8 Å². The molecule has 2 aromatic heterocycles. The van der Waals surface area contributed by atoms with E-state index in [9.17, 15) is 9.59 Å². The molecule has 0 bridgehead atoms. The summed E-state index contributed by atoms with van der Waals surface area (Å²) in [5.74, 6) is 1.54. The summed E-state index contributed by atoms with van der Waals surface area (Å²) in [5, 5.41) is 3.98. The average Bonchev–Trinajstić information content (AvgIpc) is 3.33. The molecule has 7 heteroatoms. The van der Waals surface area contributed by atoms with Gasteiger partial charge in [-0.15, -0.1) is 0 Å². The maximum atomic E-state index is 12.3. The first-order valence-corrected chi connectivity index (χ1v) is 12.5. The Bertz CT molecular complexity index is 1230. The number of hydrogen-bond acceptors (Lipinski definition) is 5. The maximum absolute atomic E-state index is 12.3. The molecule has 0 spiro atoms. The predicted octanol–water partition coefficient (Wildman–Crippen LogP) is 5.49. The first-order chi connectivity index (χ1) is 17.3. The van der Waals surface area contributed by atoms with Crippen LogP contribution in [-0.4, -0.2) is 46.8 Å². The van der Waals surface area contributed by atoms with Gasteiger partial charge >= 0.3 is 0 Å². The lowest BCUT2D eigenvalue weighted by molar-refractivity contribution is -0.117. The van der Waals surface area contributed by atoms with E-state index in [0.29, 0.717) is 5.56 Å². The van der Waals surface area contributed by atoms with Crippen molar-refractivity contribution in [1.29, 1.82) is 0 Å². The molecule has 1 aliphatic rings. The van der Waals surface area contributed by atoms with Gasteiger partial charge < -0.3 is 15.2 Å². The number of aromatic nitrogens is 3. The Morgan fingerprint density at radius 1 is 1.06 bits per heavy atom. The van der Waals surface area contributed by atoms with Gasteiger partial charge in [-0.05, 0) is 57.6 Å². The number of aromatic amines is 1. The zero-order valence-corrected chi connectivity index (χ0v) is 21.9. The summed E-state index contributed by atoms with van der Waals surface area (Å²) in [5.41, 5.74) is 2.15. The van der Waals surface area contributed by atoms with Crippen molar-refractivity contribution in [3.63, 3.8) is 0 Å². The molecule has 0 radical (unpaired) electrons. The minimum atomic E-state index is -0.500. The van der Waals surface area contributed by atoms with E-state index in [4.69, 9.17) is 0 Å². The molecular formula is C29H37N5O2. The fourth-order valence-corrected chi connectivity index (χ4v) is 4.27. The molecule has 1 saturated carbocycles. The summed E-state index contributed by atoms with van der Waals surface area (Å²) in [7, 11) is 3.99. The summed E-state index contributed by atoms with van der Waals surface area (Å²) in [6.07, 6.45) is 14.9. The molecule has 1 amide bonds. The number of anilines is 1. The number of benzene rings is 1. The van der Waals surface area contributed by atoms with E-state index in [2.05, 4.69) is 27.2 Å². The highest BCUT2D eigenvalue weighted by Crippen LogP contribution is 2.24. The van der Waals surface area contributed by atoms with Crippen molar-refractivity contribution in [3.8, 4) is 0 Å². The molecule has 0 saturated heterocycles. The Labute approximate surface area is 213 Å². The van der Waals surface area contributed by atoms with Gasteiger partial charge in [-0.2, -0.15) is 0 Å². The second-order valence-corrected chi connectivity index (χ2v) is 9.47. The van der Waals surface area contributed by atoms with E-state index in [-0.39, 0.29) is 6.04 Å². The first-order valence-electron chi connectivity index (χ1n) is 12.5. The third kappa shape index (κ3) is 7.13. The number of nitrogens with zero attached hydrogens (tertiary/aromatic N) is 3. The Balaban J connectivity index is 0.000000221. The Morgan fingerprint density at radius 2 is 1.78 bits per heavy atom. The zero-order valence-electron chi connectivity index (χ0n) is 21.9. The second-order valence-electron chi connectivity index (χ2n) is 9.47. The van der Waals surface area contributed by atoms with E-state index in [1.165, 1.54) is 0 Å². The van der Waals surface area contributed by atoms with E-state index < -0.39 is 11.7 Å². The van der Waals surface area contributed by atoms with Crippen molar-refractivity contribution in [2.24, 2.45) is 5.92 Å². The Kier molecular flexibility index (Phi) is 9.56. The molecular weight excluding hydrogens is 450 g/mol. The lowest BCUT2D eigenvalue weighted by atomic mass is 9.87. The van der Waals surface area contributed by atoms with Crippen LogP contribution in [0.4, 0.5) is 5.82 Å². The van der Waals surface area contributed by atoms with E-state index >= 15 is 0 Å². The largest absolute Gasteiger partial charge is 0.366 e. The smallest absolute Gasteiger partial charge is 0.292 e. The summed E-state index contributed by atoms with van der Waals surface area (Å²) in [4.78, 5) is 38.2. The van der Waals surface area contributed by atoms with Gasteiger partial charge in [0.1, 0.15) is 11.6 Å². The maximum Gasteiger partial charge on any atom is 0.292 e. The van der Waals surface area contributed by atoms with Gasteiger partial charge in [-0.25, -0.2) is 9.97 Å². The number of Topliss-reactive ketones (excluding diaryl/α,β-unsaturated/α-hetero) is 1. The lowest BCUT2D eigenvalue weighted by Crippen LogP contribution is -2.41. The monoisotopic (exact) mass is 487 g/mol.